The lowest BCUT2D eigenvalue weighted by Gasteiger charge is -2.32. The largest absolute Gasteiger partial charge is 0.497 e. The van der Waals surface area contributed by atoms with E-state index >= 15 is 0 Å². The molecule has 1 saturated heterocycles. The molecule has 0 bridgehead atoms. The van der Waals surface area contributed by atoms with Crippen LogP contribution in [0.3, 0.4) is 0 Å². The zero-order valence-corrected chi connectivity index (χ0v) is 21.5. The highest BCUT2D eigenvalue weighted by molar-refractivity contribution is 5.98. The van der Waals surface area contributed by atoms with Crippen molar-refractivity contribution in [3.05, 3.63) is 77.4 Å². The molecule has 0 unspecified atom stereocenters. The summed E-state index contributed by atoms with van der Waals surface area (Å²) in [5.74, 6) is 1.33. The maximum absolute atomic E-state index is 12.6. The summed E-state index contributed by atoms with van der Waals surface area (Å²) in [4.78, 5) is 27.6. The van der Waals surface area contributed by atoms with E-state index in [9.17, 15) is 9.59 Å². The molecule has 6 nitrogen and oxygen atoms in total. The quantitative estimate of drug-likeness (QED) is 0.459. The number of hydrogen-bond acceptors (Lipinski definition) is 4. The number of fused-ring (bicyclic) bond motifs is 1. The van der Waals surface area contributed by atoms with Crippen LogP contribution in [-0.2, 0) is 6.54 Å². The first kappa shape index (κ1) is 26.0. The molecular weight excluding hydrogens is 474 g/mol. The summed E-state index contributed by atoms with van der Waals surface area (Å²) in [6, 6.07) is 19.9. The van der Waals surface area contributed by atoms with Gasteiger partial charge in [-0.15, -0.1) is 12.4 Å². The fourth-order valence-electron chi connectivity index (χ4n) is 4.72. The van der Waals surface area contributed by atoms with Gasteiger partial charge in [0.15, 0.2) is 0 Å². The van der Waals surface area contributed by atoms with Crippen molar-refractivity contribution in [2.75, 3.05) is 26.7 Å². The molecule has 1 saturated carbocycles. The number of ether oxygens (including phenoxy) is 1. The molecule has 1 aliphatic carbocycles. The number of methoxy groups -OCH3 is 1. The molecule has 36 heavy (non-hydrogen) atoms. The van der Waals surface area contributed by atoms with Gasteiger partial charge in [-0.25, -0.2) is 0 Å². The molecule has 0 radical (unpaired) electrons. The van der Waals surface area contributed by atoms with Crippen molar-refractivity contribution in [2.24, 2.45) is 5.92 Å². The van der Waals surface area contributed by atoms with Crippen LogP contribution in [0.1, 0.15) is 52.0 Å². The number of rotatable bonds is 8. The topological polar surface area (TPSA) is 70.7 Å². The molecule has 1 aliphatic heterocycles. The number of amides is 2. The average Bonchev–Trinajstić information content (AvgIpc) is 3.72. The van der Waals surface area contributed by atoms with Crippen LogP contribution in [0.5, 0.6) is 5.75 Å². The molecule has 0 atom stereocenters. The van der Waals surface area contributed by atoms with Crippen LogP contribution in [-0.4, -0.2) is 49.5 Å². The minimum absolute atomic E-state index is 0. The number of carbonyl (C=O) groups excluding carboxylic acids is 2. The maximum atomic E-state index is 12.6. The number of carbonyl (C=O) groups is 2. The van der Waals surface area contributed by atoms with E-state index in [-0.39, 0.29) is 30.3 Å². The molecule has 2 fully saturated rings. The third-order valence-electron chi connectivity index (χ3n) is 7.08. The minimum atomic E-state index is -0.0474. The molecule has 3 aromatic rings. The number of piperidine rings is 1. The highest BCUT2D eigenvalue weighted by atomic mass is 35.5. The van der Waals surface area contributed by atoms with Gasteiger partial charge in [-0.3, -0.25) is 14.5 Å². The summed E-state index contributed by atoms with van der Waals surface area (Å²) in [7, 11) is 1.61. The van der Waals surface area contributed by atoms with Gasteiger partial charge in [-0.2, -0.15) is 0 Å². The summed E-state index contributed by atoms with van der Waals surface area (Å²) in [5, 5.41) is 8.47. The summed E-state index contributed by atoms with van der Waals surface area (Å²) in [6.07, 6.45) is 4.31. The van der Waals surface area contributed by atoms with Gasteiger partial charge in [0, 0.05) is 43.3 Å². The second kappa shape index (κ2) is 11.8. The van der Waals surface area contributed by atoms with Crippen molar-refractivity contribution < 1.29 is 14.3 Å². The summed E-state index contributed by atoms with van der Waals surface area (Å²) in [6.45, 7) is 3.52. The fourth-order valence-corrected chi connectivity index (χ4v) is 4.72. The summed E-state index contributed by atoms with van der Waals surface area (Å²) >= 11 is 0. The molecule has 2 amide bonds. The number of halogens is 1. The lowest BCUT2D eigenvalue weighted by Crippen LogP contribution is -2.44. The Kier molecular flexibility index (Phi) is 8.49. The number of benzene rings is 3. The van der Waals surface area contributed by atoms with Crippen LogP contribution in [0.25, 0.3) is 10.8 Å². The van der Waals surface area contributed by atoms with Crippen molar-refractivity contribution in [2.45, 2.75) is 38.3 Å². The van der Waals surface area contributed by atoms with E-state index < -0.39 is 0 Å². The highest BCUT2D eigenvalue weighted by Gasteiger charge is 2.23. The van der Waals surface area contributed by atoms with Crippen molar-refractivity contribution in [1.82, 2.24) is 15.5 Å². The van der Waals surface area contributed by atoms with Crippen molar-refractivity contribution >= 4 is 35.0 Å². The summed E-state index contributed by atoms with van der Waals surface area (Å²) < 4.78 is 5.23. The Morgan fingerprint density at radius 3 is 2.39 bits per heavy atom. The fraction of sp³-hybridized carbons (Fsp3) is 0.379. The molecule has 5 rings (SSSR count). The van der Waals surface area contributed by atoms with Gasteiger partial charge in [0.2, 0.25) is 0 Å². The second-order valence-electron chi connectivity index (χ2n) is 9.81. The van der Waals surface area contributed by atoms with Gasteiger partial charge in [0.1, 0.15) is 5.75 Å². The van der Waals surface area contributed by atoms with Gasteiger partial charge >= 0.3 is 0 Å². The van der Waals surface area contributed by atoms with Gasteiger partial charge in [0.25, 0.3) is 11.8 Å². The number of nitrogens with one attached hydrogen (secondary N) is 2. The molecular formula is C29H34ClN3O3. The number of nitrogens with zero attached hydrogens (tertiary/aromatic N) is 1. The molecule has 7 heteroatoms. The Morgan fingerprint density at radius 1 is 0.889 bits per heavy atom. The van der Waals surface area contributed by atoms with E-state index in [1.807, 2.05) is 36.4 Å². The van der Waals surface area contributed by atoms with E-state index in [2.05, 4.69) is 33.7 Å². The van der Waals surface area contributed by atoms with E-state index in [0.29, 0.717) is 17.2 Å². The third-order valence-corrected chi connectivity index (χ3v) is 7.08. The smallest absolute Gasteiger partial charge is 0.251 e. The van der Waals surface area contributed by atoms with Crippen LogP contribution >= 0.6 is 12.4 Å². The standard InChI is InChI=1S/C29H33N3O3.ClH/c1-35-27-4-2-3-23(17-27)29(34)31-26-11-13-32(14-12-26)19-21-7-8-22-9-10-24(16-25(22)15-21)28(33)30-18-20-5-6-20;/h2-4,7-10,15-17,20,26H,5-6,11-14,18-19H2,1H3,(H,30,33)(H,31,34);1H. The van der Waals surface area contributed by atoms with Crippen LogP contribution in [0.4, 0.5) is 0 Å². The second-order valence-corrected chi connectivity index (χ2v) is 9.81. The first-order valence-electron chi connectivity index (χ1n) is 12.6. The molecule has 2 aliphatic rings. The van der Waals surface area contributed by atoms with Gasteiger partial charge in [-0.1, -0.05) is 24.3 Å². The van der Waals surface area contributed by atoms with E-state index in [1.54, 1.807) is 13.2 Å². The molecule has 2 N–H and O–H groups in total. The van der Waals surface area contributed by atoms with Crippen molar-refractivity contribution in [3.63, 3.8) is 0 Å². The first-order valence-corrected chi connectivity index (χ1v) is 12.6. The van der Waals surface area contributed by atoms with Gasteiger partial charge in [0.05, 0.1) is 7.11 Å². The average molecular weight is 508 g/mol. The van der Waals surface area contributed by atoms with Gasteiger partial charge in [-0.05, 0) is 84.3 Å². The van der Waals surface area contributed by atoms with Crippen LogP contribution in [0, 0.1) is 5.92 Å². The van der Waals surface area contributed by atoms with Crippen LogP contribution in [0.2, 0.25) is 0 Å². The Balaban J connectivity index is 0.00000304. The number of hydrogen-bond donors (Lipinski definition) is 2. The van der Waals surface area contributed by atoms with Crippen LogP contribution in [0.15, 0.2) is 60.7 Å². The Bertz CT molecular complexity index is 1220. The molecule has 1 heterocycles. The highest BCUT2D eigenvalue weighted by Crippen LogP contribution is 2.28. The molecule has 3 aromatic carbocycles. The van der Waals surface area contributed by atoms with Crippen LogP contribution < -0.4 is 15.4 Å². The van der Waals surface area contributed by atoms with E-state index in [4.69, 9.17) is 4.74 Å². The first-order chi connectivity index (χ1) is 17.1. The lowest BCUT2D eigenvalue weighted by atomic mass is 10.0. The maximum Gasteiger partial charge on any atom is 0.251 e. The SMILES string of the molecule is COc1cccc(C(=O)NC2CCN(Cc3ccc4ccc(C(=O)NCC5CC5)cc4c3)CC2)c1.Cl. The number of likely N-dealkylation sites (tertiary alicyclic amines) is 1. The Hall–Kier alpha value is -3.09. The lowest BCUT2D eigenvalue weighted by molar-refractivity contribution is 0.0907. The van der Waals surface area contributed by atoms with E-state index in [0.717, 1.165) is 55.4 Å². The molecule has 190 valence electrons. The predicted molar refractivity (Wildman–Crippen MR) is 145 cm³/mol. The normalized spacial score (nSPS) is 16.2. The van der Waals surface area contributed by atoms with E-state index in [1.165, 1.54) is 18.4 Å². The Morgan fingerprint density at radius 2 is 1.64 bits per heavy atom. The third kappa shape index (κ3) is 6.56. The Labute approximate surface area is 218 Å². The van der Waals surface area contributed by atoms with Crippen molar-refractivity contribution in [3.8, 4) is 5.75 Å². The molecule has 0 aromatic heterocycles. The van der Waals surface area contributed by atoms with Gasteiger partial charge < -0.3 is 15.4 Å². The zero-order valence-electron chi connectivity index (χ0n) is 20.7. The van der Waals surface area contributed by atoms with Crippen molar-refractivity contribution in [1.29, 1.82) is 0 Å². The predicted octanol–water partition coefficient (Wildman–Crippen LogP) is 4.80. The molecule has 0 spiro atoms. The monoisotopic (exact) mass is 507 g/mol. The zero-order chi connectivity index (χ0) is 24.2. The minimum Gasteiger partial charge on any atom is -0.497 e. The summed E-state index contributed by atoms with van der Waals surface area (Å²) in [5.41, 5.74) is 2.60.